The summed E-state index contributed by atoms with van der Waals surface area (Å²) in [6.07, 6.45) is 0. The van der Waals surface area contributed by atoms with E-state index in [-0.39, 0.29) is 12.4 Å². The van der Waals surface area contributed by atoms with Crippen molar-refractivity contribution >= 4 is 12.4 Å². The first kappa shape index (κ1) is 17.1. The van der Waals surface area contributed by atoms with Gasteiger partial charge in [-0.2, -0.15) is 0 Å². The van der Waals surface area contributed by atoms with Crippen LogP contribution in [0, 0.1) is 5.92 Å². The molecule has 2 N–H and O–H groups in total. The van der Waals surface area contributed by atoms with Gasteiger partial charge in [0.1, 0.15) is 0 Å². The Bertz CT molecular complexity index is 680. The van der Waals surface area contributed by atoms with Crippen LogP contribution in [0.5, 0.6) is 11.5 Å². The maximum atomic E-state index is 6.04. The van der Waals surface area contributed by atoms with Gasteiger partial charge in [-0.05, 0) is 24.1 Å². The van der Waals surface area contributed by atoms with E-state index in [1.165, 1.54) is 11.1 Å². The molecule has 2 aliphatic heterocycles. The van der Waals surface area contributed by atoms with Gasteiger partial charge in [-0.25, -0.2) is 0 Å². The second-order valence-electron chi connectivity index (χ2n) is 6.36. The van der Waals surface area contributed by atoms with Gasteiger partial charge in [-0.3, -0.25) is 4.90 Å². The summed E-state index contributed by atoms with van der Waals surface area (Å²) in [5.74, 6) is 2.78. The molecule has 2 atom stereocenters. The van der Waals surface area contributed by atoms with Crippen molar-refractivity contribution < 1.29 is 9.47 Å². The minimum absolute atomic E-state index is 0. The monoisotopic (exact) mass is 346 g/mol. The molecule has 0 aliphatic carbocycles. The van der Waals surface area contributed by atoms with E-state index in [0.29, 0.717) is 18.6 Å². The Balaban J connectivity index is 0.00000169. The van der Waals surface area contributed by atoms with Crippen LogP contribution in [0.4, 0.5) is 0 Å². The van der Waals surface area contributed by atoms with Crippen LogP contribution in [0.25, 0.3) is 0 Å². The summed E-state index contributed by atoms with van der Waals surface area (Å²) in [7, 11) is 0. The van der Waals surface area contributed by atoms with Crippen molar-refractivity contribution in [3.05, 3.63) is 59.7 Å². The Morgan fingerprint density at radius 2 is 1.83 bits per heavy atom. The Morgan fingerprint density at radius 1 is 1.00 bits per heavy atom. The zero-order chi connectivity index (χ0) is 15.6. The van der Waals surface area contributed by atoms with Crippen LogP contribution in [0.3, 0.4) is 0 Å². The van der Waals surface area contributed by atoms with Crippen LogP contribution in [0.2, 0.25) is 0 Å². The van der Waals surface area contributed by atoms with Crippen LogP contribution in [0.1, 0.15) is 17.0 Å². The smallest absolute Gasteiger partial charge is 0.231 e. The highest BCUT2D eigenvalue weighted by molar-refractivity contribution is 5.85. The predicted molar refractivity (Wildman–Crippen MR) is 96.8 cm³/mol. The number of rotatable bonds is 4. The standard InChI is InChI=1S/C19H22N2O2.ClH/c20-9-16-11-21(12-17(16)14-5-2-1-3-6-14)10-15-7-4-8-18-19(15)23-13-22-18;/h1-8,16-17H,9-13,20H2;1H/t16-,17+;/m1./s1. The lowest BCUT2D eigenvalue weighted by atomic mass is 9.89. The first-order valence-electron chi connectivity index (χ1n) is 8.20. The number of nitrogens with zero attached hydrogens (tertiary/aromatic N) is 1. The van der Waals surface area contributed by atoms with Gasteiger partial charge in [0.15, 0.2) is 11.5 Å². The number of hydrogen-bond acceptors (Lipinski definition) is 4. The first-order valence-corrected chi connectivity index (χ1v) is 8.20. The molecule has 2 aliphatic rings. The fraction of sp³-hybridized carbons (Fsp3) is 0.368. The van der Waals surface area contributed by atoms with E-state index in [0.717, 1.165) is 37.7 Å². The van der Waals surface area contributed by atoms with Crippen molar-refractivity contribution in [1.82, 2.24) is 4.90 Å². The third-order valence-electron chi connectivity index (χ3n) is 4.92. The zero-order valence-corrected chi connectivity index (χ0v) is 14.4. The molecule has 0 bridgehead atoms. The summed E-state index contributed by atoms with van der Waals surface area (Å²) < 4.78 is 11.1. The third-order valence-corrected chi connectivity index (χ3v) is 4.92. The van der Waals surface area contributed by atoms with Crippen molar-refractivity contribution in [2.75, 3.05) is 26.4 Å². The summed E-state index contributed by atoms with van der Waals surface area (Å²) in [5.41, 5.74) is 8.63. The van der Waals surface area contributed by atoms with Crippen LogP contribution in [-0.4, -0.2) is 31.3 Å². The maximum absolute atomic E-state index is 6.04. The number of halogens is 1. The normalized spacial score (nSPS) is 22.4. The van der Waals surface area contributed by atoms with Crippen molar-refractivity contribution in [3.8, 4) is 11.5 Å². The number of likely N-dealkylation sites (tertiary alicyclic amines) is 1. The highest BCUT2D eigenvalue weighted by Crippen LogP contribution is 2.38. The average molecular weight is 347 g/mol. The van der Waals surface area contributed by atoms with Gasteiger partial charge in [-0.15, -0.1) is 12.4 Å². The highest BCUT2D eigenvalue weighted by Gasteiger charge is 2.33. The van der Waals surface area contributed by atoms with Gasteiger partial charge in [-0.1, -0.05) is 42.5 Å². The van der Waals surface area contributed by atoms with Crippen LogP contribution in [-0.2, 0) is 6.54 Å². The Morgan fingerprint density at radius 3 is 2.62 bits per heavy atom. The minimum Gasteiger partial charge on any atom is -0.454 e. The van der Waals surface area contributed by atoms with Gasteiger partial charge in [0.25, 0.3) is 0 Å². The van der Waals surface area contributed by atoms with E-state index in [4.69, 9.17) is 15.2 Å². The molecule has 0 aromatic heterocycles. The van der Waals surface area contributed by atoms with Crippen molar-refractivity contribution in [1.29, 1.82) is 0 Å². The summed E-state index contributed by atoms with van der Waals surface area (Å²) in [6.45, 7) is 4.00. The van der Waals surface area contributed by atoms with E-state index >= 15 is 0 Å². The molecule has 24 heavy (non-hydrogen) atoms. The molecule has 0 unspecified atom stereocenters. The molecule has 0 spiro atoms. The fourth-order valence-electron chi connectivity index (χ4n) is 3.76. The zero-order valence-electron chi connectivity index (χ0n) is 13.6. The molecule has 0 amide bonds. The second-order valence-corrected chi connectivity index (χ2v) is 6.36. The van der Waals surface area contributed by atoms with Gasteiger partial charge >= 0.3 is 0 Å². The molecule has 2 aromatic rings. The summed E-state index contributed by atoms with van der Waals surface area (Å²) in [6, 6.07) is 16.8. The molecule has 2 heterocycles. The molecule has 5 heteroatoms. The summed E-state index contributed by atoms with van der Waals surface area (Å²) in [5, 5.41) is 0. The molecule has 4 nitrogen and oxygen atoms in total. The lowest BCUT2D eigenvalue weighted by Crippen LogP contribution is -2.23. The Kier molecular flexibility index (Phi) is 5.29. The van der Waals surface area contributed by atoms with Gasteiger partial charge < -0.3 is 15.2 Å². The number of fused-ring (bicyclic) bond motifs is 1. The van der Waals surface area contributed by atoms with Gasteiger partial charge in [0.05, 0.1) is 0 Å². The minimum atomic E-state index is 0. The average Bonchev–Trinajstić information content (AvgIpc) is 3.22. The van der Waals surface area contributed by atoms with Gasteiger partial charge in [0, 0.05) is 31.1 Å². The van der Waals surface area contributed by atoms with E-state index in [1.54, 1.807) is 0 Å². The molecule has 1 fully saturated rings. The topological polar surface area (TPSA) is 47.7 Å². The molecule has 128 valence electrons. The summed E-state index contributed by atoms with van der Waals surface area (Å²) >= 11 is 0. The quantitative estimate of drug-likeness (QED) is 0.924. The first-order chi connectivity index (χ1) is 11.3. The molecule has 1 saturated heterocycles. The molecule has 0 saturated carbocycles. The molecular weight excluding hydrogens is 324 g/mol. The van der Waals surface area contributed by atoms with E-state index in [9.17, 15) is 0 Å². The van der Waals surface area contributed by atoms with Crippen molar-refractivity contribution in [2.45, 2.75) is 12.5 Å². The lowest BCUT2D eigenvalue weighted by Gasteiger charge is -2.17. The van der Waals surface area contributed by atoms with Crippen molar-refractivity contribution in [3.63, 3.8) is 0 Å². The van der Waals surface area contributed by atoms with E-state index in [1.807, 2.05) is 12.1 Å². The number of ether oxygens (including phenoxy) is 2. The predicted octanol–water partition coefficient (Wildman–Crippen LogP) is 3.01. The van der Waals surface area contributed by atoms with Crippen LogP contribution >= 0.6 is 12.4 Å². The number of nitrogens with two attached hydrogens (primary N) is 1. The highest BCUT2D eigenvalue weighted by atomic mass is 35.5. The molecule has 4 rings (SSSR count). The van der Waals surface area contributed by atoms with Crippen LogP contribution in [0.15, 0.2) is 48.5 Å². The van der Waals surface area contributed by atoms with E-state index in [2.05, 4.69) is 41.3 Å². The molecule has 0 radical (unpaired) electrons. The number of hydrogen-bond donors (Lipinski definition) is 1. The third kappa shape index (κ3) is 3.22. The largest absolute Gasteiger partial charge is 0.454 e. The maximum Gasteiger partial charge on any atom is 0.231 e. The van der Waals surface area contributed by atoms with Crippen LogP contribution < -0.4 is 15.2 Å². The second kappa shape index (κ2) is 7.43. The lowest BCUT2D eigenvalue weighted by molar-refractivity contribution is 0.172. The van der Waals surface area contributed by atoms with E-state index < -0.39 is 0 Å². The van der Waals surface area contributed by atoms with Gasteiger partial charge in [0.2, 0.25) is 6.79 Å². The Hall–Kier alpha value is -1.75. The number of benzene rings is 2. The van der Waals surface area contributed by atoms with Crippen molar-refractivity contribution in [2.24, 2.45) is 11.7 Å². The molecular formula is C19H23ClN2O2. The number of para-hydroxylation sites is 1. The fourth-order valence-corrected chi connectivity index (χ4v) is 3.76. The molecule has 2 aromatic carbocycles. The Labute approximate surface area is 149 Å². The summed E-state index contributed by atoms with van der Waals surface area (Å²) in [4.78, 5) is 2.48. The SMILES string of the molecule is Cl.NC[C@@H]1CN(Cc2cccc3c2OCO3)C[C@H]1c1ccccc1.